The minimum atomic E-state index is 0.243. The second kappa shape index (κ2) is 3.96. The number of hydrogen-bond acceptors (Lipinski definition) is 5. The summed E-state index contributed by atoms with van der Waals surface area (Å²) >= 11 is 0. The lowest BCUT2D eigenvalue weighted by molar-refractivity contribution is 0.209. The summed E-state index contributed by atoms with van der Waals surface area (Å²) in [7, 11) is 2.15. The predicted octanol–water partition coefficient (Wildman–Crippen LogP) is 0.536. The molecule has 1 saturated heterocycles. The Bertz CT molecular complexity index is 291. The van der Waals surface area contributed by atoms with Gasteiger partial charge in [0.1, 0.15) is 0 Å². The van der Waals surface area contributed by atoms with Crippen LogP contribution >= 0.6 is 0 Å². The fourth-order valence-corrected chi connectivity index (χ4v) is 1.86. The third kappa shape index (κ3) is 2.23. The molecule has 2 N–H and O–H groups in total. The van der Waals surface area contributed by atoms with Crippen molar-refractivity contribution in [2.75, 3.05) is 25.9 Å². The Hall–Kier alpha value is -1.10. The molecule has 1 aromatic heterocycles. The molecular formula is C9H16N4O. The van der Waals surface area contributed by atoms with Gasteiger partial charge in [-0.25, -0.2) is 0 Å². The highest BCUT2D eigenvalue weighted by Crippen LogP contribution is 2.20. The summed E-state index contributed by atoms with van der Waals surface area (Å²) in [6.07, 6.45) is 3.29. The van der Waals surface area contributed by atoms with Gasteiger partial charge < -0.3 is 15.2 Å². The van der Waals surface area contributed by atoms with Crippen molar-refractivity contribution in [1.82, 2.24) is 15.0 Å². The first-order valence-electron chi connectivity index (χ1n) is 5.00. The molecule has 0 radical (unpaired) electrons. The van der Waals surface area contributed by atoms with Crippen LogP contribution in [0.1, 0.15) is 18.7 Å². The van der Waals surface area contributed by atoms with Gasteiger partial charge in [-0.05, 0) is 44.1 Å². The van der Waals surface area contributed by atoms with Crippen molar-refractivity contribution in [1.29, 1.82) is 0 Å². The molecule has 0 aliphatic carbocycles. The maximum atomic E-state index is 5.38. The standard InChI is InChI=1S/C9H16N4O/c1-13-4-2-7(3-5-13)6-8-11-9(10)12-14-8/h7H,2-6H2,1H3,(H2,10,12). The Morgan fingerprint density at radius 3 is 2.79 bits per heavy atom. The Labute approximate surface area is 83.3 Å². The molecule has 0 amide bonds. The van der Waals surface area contributed by atoms with E-state index in [1.54, 1.807) is 0 Å². The lowest BCUT2D eigenvalue weighted by Crippen LogP contribution is -2.30. The van der Waals surface area contributed by atoms with Crippen LogP contribution < -0.4 is 5.73 Å². The maximum Gasteiger partial charge on any atom is 0.260 e. The molecule has 1 fully saturated rings. The van der Waals surface area contributed by atoms with E-state index in [4.69, 9.17) is 10.3 Å². The van der Waals surface area contributed by atoms with E-state index in [0.717, 1.165) is 19.5 Å². The third-order valence-electron chi connectivity index (χ3n) is 2.79. The highest BCUT2D eigenvalue weighted by Gasteiger charge is 2.19. The minimum Gasteiger partial charge on any atom is -0.365 e. The largest absolute Gasteiger partial charge is 0.365 e. The van der Waals surface area contributed by atoms with Crippen molar-refractivity contribution in [3.63, 3.8) is 0 Å². The topological polar surface area (TPSA) is 68.2 Å². The Morgan fingerprint density at radius 1 is 1.50 bits per heavy atom. The average Bonchev–Trinajstić information content (AvgIpc) is 2.56. The predicted molar refractivity (Wildman–Crippen MR) is 52.6 cm³/mol. The van der Waals surface area contributed by atoms with Crippen LogP contribution in [0.25, 0.3) is 0 Å². The van der Waals surface area contributed by atoms with Crippen molar-refractivity contribution >= 4 is 5.95 Å². The third-order valence-corrected chi connectivity index (χ3v) is 2.79. The molecule has 2 rings (SSSR count). The van der Waals surface area contributed by atoms with Gasteiger partial charge in [0.05, 0.1) is 0 Å². The minimum absolute atomic E-state index is 0.243. The molecule has 5 heteroatoms. The van der Waals surface area contributed by atoms with Crippen LogP contribution in [0.3, 0.4) is 0 Å². The highest BCUT2D eigenvalue weighted by molar-refractivity contribution is 5.10. The van der Waals surface area contributed by atoms with E-state index >= 15 is 0 Å². The first-order valence-corrected chi connectivity index (χ1v) is 5.00. The Morgan fingerprint density at radius 2 is 2.21 bits per heavy atom. The van der Waals surface area contributed by atoms with Gasteiger partial charge in [0.15, 0.2) is 0 Å². The number of aromatic nitrogens is 2. The number of likely N-dealkylation sites (tertiary alicyclic amines) is 1. The van der Waals surface area contributed by atoms with E-state index in [2.05, 4.69) is 22.1 Å². The van der Waals surface area contributed by atoms with Gasteiger partial charge in [-0.2, -0.15) is 4.98 Å². The van der Waals surface area contributed by atoms with Crippen LogP contribution in [0.4, 0.5) is 5.95 Å². The molecule has 0 saturated carbocycles. The zero-order chi connectivity index (χ0) is 9.97. The summed E-state index contributed by atoms with van der Waals surface area (Å²) in [5.41, 5.74) is 5.38. The molecule has 0 spiro atoms. The molecule has 1 aromatic rings. The van der Waals surface area contributed by atoms with Crippen molar-refractivity contribution in [2.24, 2.45) is 5.92 Å². The fraction of sp³-hybridized carbons (Fsp3) is 0.778. The van der Waals surface area contributed by atoms with E-state index in [9.17, 15) is 0 Å². The summed E-state index contributed by atoms with van der Waals surface area (Å²) in [5, 5.41) is 3.58. The van der Waals surface area contributed by atoms with Gasteiger partial charge in [-0.15, -0.1) is 0 Å². The number of anilines is 1. The molecule has 0 atom stereocenters. The van der Waals surface area contributed by atoms with Crippen LogP contribution in [0, 0.1) is 5.92 Å². The molecule has 5 nitrogen and oxygen atoms in total. The zero-order valence-corrected chi connectivity index (χ0v) is 8.44. The molecule has 0 bridgehead atoms. The molecule has 1 aliphatic heterocycles. The summed E-state index contributed by atoms with van der Waals surface area (Å²) in [4.78, 5) is 6.36. The number of hydrogen-bond donors (Lipinski definition) is 1. The van der Waals surface area contributed by atoms with Gasteiger partial charge >= 0.3 is 0 Å². The summed E-state index contributed by atoms with van der Waals surface area (Å²) in [5.74, 6) is 1.59. The van der Waals surface area contributed by atoms with E-state index in [-0.39, 0.29) is 5.95 Å². The second-order valence-corrected chi connectivity index (χ2v) is 4.00. The van der Waals surface area contributed by atoms with Crippen molar-refractivity contribution < 1.29 is 4.52 Å². The first kappa shape index (κ1) is 9.45. The molecule has 1 aliphatic rings. The zero-order valence-electron chi connectivity index (χ0n) is 8.44. The van der Waals surface area contributed by atoms with E-state index in [1.807, 2.05) is 0 Å². The summed E-state index contributed by atoms with van der Waals surface area (Å²) in [6, 6.07) is 0. The number of rotatable bonds is 2. The van der Waals surface area contributed by atoms with E-state index in [0.29, 0.717) is 11.8 Å². The van der Waals surface area contributed by atoms with Crippen LogP contribution in [0.15, 0.2) is 4.52 Å². The molecule has 2 heterocycles. The molecule has 78 valence electrons. The lowest BCUT2D eigenvalue weighted by Gasteiger charge is -2.27. The van der Waals surface area contributed by atoms with Crippen molar-refractivity contribution in [3.05, 3.63) is 5.89 Å². The van der Waals surface area contributed by atoms with Gasteiger partial charge in [-0.1, -0.05) is 0 Å². The average molecular weight is 196 g/mol. The molecule has 14 heavy (non-hydrogen) atoms. The van der Waals surface area contributed by atoms with E-state index < -0.39 is 0 Å². The SMILES string of the molecule is CN1CCC(Cc2nc(N)no2)CC1. The monoisotopic (exact) mass is 196 g/mol. The number of nitrogens with two attached hydrogens (primary N) is 1. The van der Waals surface area contributed by atoms with Gasteiger partial charge in [0.2, 0.25) is 5.89 Å². The molecular weight excluding hydrogens is 180 g/mol. The summed E-state index contributed by atoms with van der Waals surface area (Å²) in [6.45, 7) is 2.32. The maximum absolute atomic E-state index is 5.38. The van der Waals surface area contributed by atoms with Crippen LogP contribution in [-0.4, -0.2) is 35.2 Å². The molecule has 0 aromatic carbocycles. The van der Waals surface area contributed by atoms with Crippen LogP contribution in [-0.2, 0) is 6.42 Å². The second-order valence-electron chi connectivity index (χ2n) is 4.00. The van der Waals surface area contributed by atoms with Crippen LogP contribution in [0.2, 0.25) is 0 Å². The molecule has 0 unspecified atom stereocenters. The van der Waals surface area contributed by atoms with E-state index in [1.165, 1.54) is 12.8 Å². The normalized spacial score (nSPS) is 20.1. The van der Waals surface area contributed by atoms with Crippen molar-refractivity contribution in [2.45, 2.75) is 19.3 Å². The number of piperidine rings is 1. The number of nitrogen functional groups attached to an aromatic ring is 1. The van der Waals surface area contributed by atoms with Gasteiger partial charge in [0, 0.05) is 6.42 Å². The first-order chi connectivity index (χ1) is 6.74. The highest BCUT2D eigenvalue weighted by atomic mass is 16.5. The van der Waals surface area contributed by atoms with Gasteiger partial charge in [-0.3, -0.25) is 0 Å². The van der Waals surface area contributed by atoms with Gasteiger partial charge in [0.25, 0.3) is 5.95 Å². The lowest BCUT2D eigenvalue weighted by atomic mass is 9.94. The fourth-order valence-electron chi connectivity index (χ4n) is 1.86. The quantitative estimate of drug-likeness (QED) is 0.747. The Balaban J connectivity index is 1.86. The summed E-state index contributed by atoms with van der Waals surface area (Å²) < 4.78 is 4.99. The number of nitrogens with zero attached hydrogens (tertiary/aromatic N) is 3. The smallest absolute Gasteiger partial charge is 0.260 e. The van der Waals surface area contributed by atoms with Crippen LogP contribution in [0.5, 0.6) is 0 Å². The Kier molecular flexibility index (Phi) is 2.67. The van der Waals surface area contributed by atoms with Crippen molar-refractivity contribution in [3.8, 4) is 0 Å².